The first-order chi connectivity index (χ1) is 9.96. The summed E-state index contributed by atoms with van der Waals surface area (Å²) in [6.45, 7) is 5.77. The van der Waals surface area contributed by atoms with Crippen LogP contribution in [-0.4, -0.2) is 31.6 Å². The molecule has 0 aliphatic carbocycles. The highest BCUT2D eigenvalue weighted by molar-refractivity contribution is 5.79. The fourth-order valence-corrected chi connectivity index (χ4v) is 1.96. The van der Waals surface area contributed by atoms with Crippen LogP contribution in [-0.2, 0) is 14.3 Å². The third-order valence-corrected chi connectivity index (χ3v) is 3.19. The van der Waals surface area contributed by atoms with Gasteiger partial charge in [-0.1, -0.05) is 24.6 Å². The zero-order valence-electron chi connectivity index (χ0n) is 13.1. The molecule has 1 aromatic rings. The molecule has 0 fully saturated rings. The number of aryl methyl sites for hydroxylation is 2. The SMILES string of the molecule is CCC(CC(=O)OC)NC(=O)COc1ccc(C)cc1C. The molecule has 21 heavy (non-hydrogen) atoms. The average Bonchev–Trinajstić information content (AvgIpc) is 2.45. The van der Waals surface area contributed by atoms with Crippen LogP contribution < -0.4 is 10.1 Å². The minimum atomic E-state index is -0.336. The lowest BCUT2D eigenvalue weighted by Gasteiger charge is -2.16. The third-order valence-electron chi connectivity index (χ3n) is 3.19. The summed E-state index contributed by atoms with van der Waals surface area (Å²) in [5.74, 6) is 0.111. The lowest BCUT2D eigenvalue weighted by molar-refractivity contribution is -0.141. The third kappa shape index (κ3) is 5.85. The summed E-state index contributed by atoms with van der Waals surface area (Å²) in [7, 11) is 1.33. The number of nitrogens with one attached hydrogen (secondary N) is 1. The fraction of sp³-hybridized carbons (Fsp3) is 0.500. The predicted molar refractivity (Wildman–Crippen MR) is 80.3 cm³/mol. The molecule has 0 saturated heterocycles. The number of esters is 1. The van der Waals surface area contributed by atoms with E-state index < -0.39 is 0 Å². The lowest BCUT2D eigenvalue weighted by Crippen LogP contribution is -2.39. The molecule has 1 amide bonds. The second kappa shape index (κ2) is 8.29. The highest BCUT2D eigenvalue weighted by Crippen LogP contribution is 2.18. The van der Waals surface area contributed by atoms with Crippen LogP contribution in [0.25, 0.3) is 0 Å². The molecule has 0 radical (unpaired) electrons. The maximum absolute atomic E-state index is 11.8. The van der Waals surface area contributed by atoms with Gasteiger partial charge in [0.05, 0.1) is 13.5 Å². The number of carbonyl (C=O) groups is 2. The minimum absolute atomic E-state index is 0.0679. The summed E-state index contributed by atoms with van der Waals surface area (Å²) in [5, 5.41) is 2.77. The van der Waals surface area contributed by atoms with E-state index in [1.165, 1.54) is 7.11 Å². The molecule has 1 N–H and O–H groups in total. The second-order valence-corrected chi connectivity index (χ2v) is 5.01. The Kier molecular flexibility index (Phi) is 6.72. The number of rotatable bonds is 7. The number of hydrogen-bond donors (Lipinski definition) is 1. The summed E-state index contributed by atoms with van der Waals surface area (Å²) >= 11 is 0. The number of benzene rings is 1. The van der Waals surface area contributed by atoms with Crippen LogP contribution >= 0.6 is 0 Å². The van der Waals surface area contributed by atoms with Crippen molar-refractivity contribution in [1.82, 2.24) is 5.32 Å². The van der Waals surface area contributed by atoms with E-state index in [-0.39, 0.29) is 30.9 Å². The van der Waals surface area contributed by atoms with Crippen LogP contribution in [0.3, 0.4) is 0 Å². The van der Waals surface area contributed by atoms with Crippen LogP contribution in [0.1, 0.15) is 30.9 Å². The van der Waals surface area contributed by atoms with E-state index in [4.69, 9.17) is 4.74 Å². The molecule has 5 nitrogen and oxygen atoms in total. The number of hydrogen-bond acceptors (Lipinski definition) is 4. The maximum Gasteiger partial charge on any atom is 0.307 e. The molecule has 0 aliphatic heterocycles. The molecule has 1 atom stereocenters. The van der Waals surface area contributed by atoms with E-state index >= 15 is 0 Å². The normalized spacial score (nSPS) is 11.6. The summed E-state index contributed by atoms with van der Waals surface area (Å²) < 4.78 is 10.1. The van der Waals surface area contributed by atoms with Crippen LogP contribution in [0, 0.1) is 13.8 Å². The molecule has 0 heterocycles. The van der Waals surface area contributed by atoms with E-state index in [0.29, 0.717) is 12.2 Å². The van der Waals surface area contributed by atoms with E-state index in [0.717, 1.165) is 11.1 Å². The Morgan fingerprint density at radius 2 is 2.00 bits per heavy atom. The standard InChI is InChI=1S/C16H23NO4/c1-5-13(9-16(19)20-4)17-15(18)10-21-14-7-6-11(2)8-12(14)3/h6-8,13H,5,9-10H2,1-4H3,(H,17,18). The first-order valence-electron chi connectivity index (χ1n) is 7.02. The quantitative estimate of drug-likeness (QED) is 0.782. The van der Waals surface area contributed by atoms with Gasteiger partial charge in [0.25, 0.3) is 5.91 Å². The molecule has 0 saturated carbocycles. The van der Waals surface area contributed by atoms with Crippen LogP contribution in [0.2, 0.25) is 0 Å². The molecule has 5 heteroatoms. The number of methoxy groups -OCH3 is 1. The van der Waals surface area contributed by atoms with Crippen molar-refractivity contribution >= 4 is 11.9 Å². The van der Waals surface area contributed by atoms with Gasteiger partial charge in [-0.05, 0) is 31.9 Å². The lowest BCUT2D eigenvalue weighted by atomic mass is 10.1. The Morgan fingerprint density at radius 3 is 2.57 bits per heavy atom. The second-order valence-electron chi connectivity index (χ2n) is 5.01. The van der Waals surface area contributed by atoms with E-state index in [1.807, 2.05) is 39.0 Å². The minimum Gasteiger partial charge on any atom is -0.484 e. The Morgan fingerprint density at radius 1 is 1.29 bits per heavy atom. The van der Waals surface area contributed by atoms with Gasteiger partial charge in [-0.2, -0.15) is 0 Å². The van der Waals surface area contributed by atoms with Crippen molar-refractivity contribution in [1.29, 1.82) is 0 Å². The van der Waals surface area contributed by atoms with Crippen molar-refractivity contribution in [2.75, 3.05) is 13.7 Å². The summed E-state index contributed by atoms with van der Waals surface area (Å²) in [5.41, 5.74) is 2.14. The smallest absolute Gasteiger partial charge is 0.307 e. The molecule has 0 bridgehead atoms. The van der Waals surface area contributed by atoms with Crippen LogP contribution in [0.5, 0.6) is 5.75 Å². The largest absolute Gasteiger partial charge is 0.484 e. The summed E-state index contributed by atoms with van der Waals surface area (Å²) in [4.78, 5) is 23.1. The van der Waals surface area contributed by atoms with Gasteiger partial charge in [0, 0.05) is 6.04 Å². The summed E-state index contributed by atoms with van der Waals surface area (Å²) in [6.07, 6.45) is 0.826. The van der Waals surface area contributed by atoms with Gasteiger partial charge in [0.2, 0.25) is 0 Å². The molecule has 116 valence electrons. The van der Waals surface area contributed by atoms with Crippen molar-refractivity contribution in [2.45, 2.75) is 39.7 Å². The van der Waals surface area contributed by atoms with Gasteiger partial charge in [0.1, 0.15) is 5.75 Å². The zero-order valence-corrected chi connectivity index (χ0v) is 13.1. The van der Waals surface area contributed by atoms with Gasteiger partial charge in [-0.3, -0.25) is 9.59 Å². The molecule has 0 aliphatic rings. The van der Waals surface area contributed by atoms with Gasteiger partial charge in [-0.15, -0.1) is 0 Å². The Labute approximate surface area is 125 Å². The van der Waals surface area contributed by atoms with Crippen molar-refractivity contribution < 1.29 is 19.1 Å². The van der Waals surface area contributed by atoms with Gasteiger partial charge in [0.15, 0.2) is 6.61 Å². The first kappa shape index (κ1) is 17.0. The zero-order chi connectivity index (χ0) is 15.8. The molecule has 0 aromatic heterocycles. The van der Waals surface area contributed by atoms with Gasteiger partial charge >= 0.3 is 5.97 Å². The Hall–Kier alpha value is -2.04. The molecular formula is C16H23NO4. The summed E-state index contributed by atoms with van der Waals surface area (Å²) in [6, 6.07) is 5.56. The molecule has 0 spiro atoms. The van der Waals surface area contributed by atoms with Crippen molar-refractivity contribution in [3.05, 3.63) is 29.3 Å². The van der Waals surface area contributed by atoms with Crippen molar-refractivity contribution in [3.63, 3.8) is 0 Å². The molecular weight excluding hydrogens is 270 g/mol. The predicted octanol–water partition coefficient (Wildman–Crippen LogP) is 2.14. The van der Waals surface area contributed by atoms with E-state index in [1.54, 1.807) is 0 Å². The highest BCUT2D eigenvalue weighted by atomic mass is 16.5. The van der Waals surface area contributed by atoms with Crippen molar-refractivity contribution in [2.24, 2.45) is 0 Å². The first-order valence-corrected chi connectivity index (χ1v) is 7.02. The Bertz CT molecular complexity index is 499. The number of carbonyl (C=O) groups excluding carboxylic acids is 2. The van der Waals surface area contributed by atoms with Gasteiger partial charge < -0.3 is 14.8 Å². The molecule has 1 aromatic carbocycles. The topological polar surface area (TPSA) is 64.6 Å². The van der Waals surface area contributed by atoms with E-state index in [2.05, 4.69) is 10.1 Å². The number of ether oxygens (including phenoxy) is 2. The average molecular weight is 293 g/mol. The monoisotopic (exact) mass is 293 g/mol. The fourth-order valence-electron chi connectivity index (χ4n) is 1.96. The van der Waals surface area contributed by atoms with Crippen LogP contribution in [0.4, 0.5) is 0 Å². The van der Waals surface area contributed by atoms with Gasteiger partial charge in [-0.25, -0.2) is 0 Å². The highest BCUT2D eigenvalue weighted by Gasteiger charge is 2.15. The van der Waals surface area contributed by atoms with E-state index in [9.17, 15) is 9.59 Å². The maximum atomic E-state index is 11.8. The van der Waals surface area contributed by atoms with Crippen molar-refractivity contribution in [3.8, 4) is 5.75 Å². The molecule has 1 rings (SSSR count). The molecule has 1 unspecified atom stereocenters. The number of amides is 1. The van der Waals surface area contributed by atoms with Crippen LogP contribution in [0.15, 0.2) is 18.2 Å². The Balaban J connectivity index is 2.47.